The Hall–Kier alpha value is -1.06. The van der Waals surface area contributed by atoms with E-state index in [0.29, 0.717) is 19.3 Å². The topological polar surface area (TPSA) is 60.4 Å². The van der Waals surface area contributed by atoms with E-state index >= 15 is 0 Å². The van der Waals surface area contributed by atoms with Gasteiger partial charge in [-0.25, -0.2) is 0 Å². The zero-order valence-electron chi connectivity index (χ0n) is 5.45. The van der Waals surface area contributed by atoms with Crippen LogP contribution in [-0.4, -0.2) is 29.9 Å². The number of hydrogen-bond acceptors (Lipinski definition) is 3. The number of rotatable bonds is 1. The summed E-state index contributed by atoms with van der Waals surface area (Å²) in [6.07, 6.45) is 0.812. The monoisotopic (exact) mass is 142 g/mol. The standard InChI is InChI=1S/C6H9NO3/c8-4-5-2-1-3-7(5)6(9)10/h4-5H,1-3H2,(H,9,10)/p-1. The number of aldehydes is 1. The van der Waals surface area contributed by atoms with Crippen molar-refractivity contribution in [2.24, 2.45) is 0 Å². The molecule has 0 bridgehead atoms. The van der Waals surface area contributed by atoms with Crippen LogP contribution in [0.25, 0.3) is 0 Å². The van der Waals surface area contributed by atoms with E-state index in [-0.39, 0.29) is 0 Å². The Morgan fingerprint density at radius 1 is 1.70 bits per heavy atom. The van der Waals surface area contributed by atoms with E-state index in [1.54, 1.807) is 0 Å². The molecule has 1 fully saturated rings. The maximum absolute atomic E-state index is 10.2. The van der Waals surface area contributed by atoms with Crippen LogP contribution >= 0.6 is 0 Å². The first-order chi connectivity index (χ1) is 4.75. The first-order valence-electron chi connectivity index (χ1n) is 3.18. The molecule has 1 aliphatic rings. The molecule has 1 saturated heterocycles. The molecule has 1 rings (SSSR count). The molecule has 4 heteroatoms. The summed E-state index contributed by atoms with van der Waals surface area (Å²) in [6, 6.07) is -0.454. The Morgan fingerprint density at radius 3 is 2.80 bits per heavy atom. The fraction of sp³-hybridized carbons (Fsp3) is 0.667. The highest BCUT2D eigenvalue weighted by Crippen LogP contribution is 2.13. The van der Waals surface area contributed by atoms with Crippen LogP contribution < -0.4 is 5.11 Å². The SMILES string of the molecule is O=CC1CCCN1C(=O)[O-]. The maximum Gasteiger partial charge on any atom is 0.142 e. The van der Waals surface area contributed by atoms with Gasteiger partial charge in [-0.05, 0) is 12.8 Å². The lowest BCUT2D eigenvalue weighted by molar-refractivity contribution is -0.265. The highest BCUT2D eigenvalue weighted by molar-refractivity contribution is 5.70. The van der Waals surface area contributed by atoms with E-state index in [1.807, 2.05) is 0 Å². The average Bonchev–Trinajstić information content (AvgIpc) is 2.33. The van der Waals surface area contributed by atoms with Crippen molar-refractivity contribution < 1.29 is 14.7 Å². The largest absolute Gasteiger partial charge is 0.530 e. The van der Waals surface area contributed by atoms with Gasteiger partial charge in [-0.15, -0.1) is 0 Å². The Balaban J connectivity index is 2.58. The molecule has 1 heterocycles. The lowest BCUT2D eigenvalue weighted by atomic mass is 10.2. The first-order valence-corrected chi connectivity index (χ1v) is 3.18. The van der Waals surface area contributed by atoms with E-state index in [1.165, 1.54) is 0 Å². The second-order valence-corrected chi connectivity index (χ2v) is 2.30. The van der Waals surface area contributed by atoms with Gasteiger partial charge in [0.2, 0.25) is 0 Å². The van der Waals surface area contributed by atoms with E-state index in [0.717, 1.165) is 11.3 Å². The molecule has 10 heavy (non-hydrogen) atoms. The second-order valence-electron chi connectivity index (χ2n) is 2.30. The van der Waals surface area contributed by atoms with Gasteiger partial charge in [-0.3, -0.25) is 0 Å². The number of hydrogen-bond donors (Lipinski definition) is 0. The van der Waals surface area contributed by atoms with Gasteiger partial charge in [-0.2, -0.15) is 0 Å². The summed E-state index contributed by atoms with van der Waals surface area (Å²) in [5.74, 6) is 0. The lowest BCUT2D eigenvalue weighted by Crippen LogP contribution is -2.44. The molecular weight excluding hydrogens is 134 g/mol. The molecule has 1 atom stereocenters. The minimum atomic E-state index is -1.24. The van der Waals surface area contributed by atoms with Crippen LogP contribution in [0.3, 0.4) is 0 Å². The molecule has 0 radical (unpaired) electrons. The molecule has 56 valence electrons. The minimum absolute atomic E-state index is 0.436. The van der Waals surface area contributed by atoms with Crippen molar-refractivity contribution in [1.29, 1.82) is 0 Å². The van der Waals surface area contributed by atoms with Gasteiger partial charge in [0.1, 0.15) is 12.4 Å². The number of carboxylic acid groups (broad SMARTS) is 1. The van der Waals surface area contributed by atoms with Crippen molar-refractivity contribution in [3.05, 3.63) is 0 Å². The van der Waals surface area contributed by atoms with Crippen molar-refractivity contribution in [2.75, 3.05) is 6.54 Å². The average molecular weight is 142 g/mol. The molecule has 0 aromatic carbocycles. The molecule has 1 amide bonds. The minimum Gasteiger partial charge on any atom is -0.530 e. The zero-order valence-corrected chi connectivity index (χ0v) is 5.45. The van der Waals surface area contributed by atoms with Crippen LogP contribution in [0, 0.1) is 0 Å². The quantitative estimate of drug-likeness (QED) is 0.441. The number of likely N-dealkylation sites (tertiary alicyclic amines) is 1. The predicted molar refractivity (Wildman–Crippen MR) is 31.2 cm³/mol. The van der Waals surface area contributed by atoms with Crippen LogP contribution in [0.5, 0.6) is 0 Å². The van der Waals surface area contributed by atoms with E-state index < -0.39 is 12.1 Å². The summed E-state index contributed by atoms with van der Waals surface area (Å²) in [7, 11) is 0. The van der Waals surface area contributed by atoms with Gasteiger partial charge in [0.15, 0.2) is 0 Å². The van der Waals surface area contributed by atoms with E-state index in [9.17, 15) is 14.7 Å². The summed E-state index contributed by atoms with van der Waals surface area (Å²) in [4.78, 5) is 21.5. The fourth-order valence-electron chi connectivity index (χ4n) is 1.16. The van der Waals surface area contributed by atoms with Crippen LogP contribution in [-0.2, 0) is 4.79 Å². The normalized spacial score (nSPS) is 24.8. The third-order valence-electron chi connectivity index (χ3n) is 1.69. The number of nitrogens with zero attached hydrogens (tertiary/aromatic N) is 1. The van der Waals surface area contributed by atoms with Crippen LogP contribution in [0.15, 0.2) is 0 Å². The predicted octanol–water partition coefficient (Wildman–Crippen LogP) is -1.01. The van der Waals surface area contributed by atoms with Crippen molar-refractivity contribution in [3.63, 3.8) is 0 Å². The molecular formula is C6H8NO3-. The summed E-state index contributed by atoms with van der Waals surface area (Å²) in [5.41, 5.74) is 0. The Kier molecular flexibility index (Phi) is 1.89. The molecule has 0 aliphatic carbocycles. The number of carbonyl (C=O) groups excluding carboxylic acids is 2. The molecule has 4 nitrogen and oxygen atoms in total. The van der Waals surface area contributed by atoms with Crippen molar-refractivity contribution in [2.45, 2.75) is 18.9 Å². The number of carbonyl (C=O) groups is 2. The Morgan fingerprint density at radius 2 is 2.40 bits per heavy atom. The molecule has 0 N–H and O–H groups in total. The van der Waals surface area contributed by atoms with Crippen LogP contribution in [0.1, 0.15) is 12.8 Å². The number of amides is 1. The molecule has 0 spiro atoms. The zero-order chi connectivity index (χ0) is 7.56. The van der Waals surface area contributed by atoms with Crippen molar-refractivity contribution in [3.8, 4) is 0 Å². The summed E-state index contributed by atoms with van der Waals surface area (Å²) in [6.45, 7) is 0.436. The van der Waals surface area contributed by atoms with Crippen LogP contribution in [0.4, 0.5) is 4.79 Å². The lowest BCUT2D eigenvalue weighted by Gasteiger charge is -2.22. The Labute approximate surface area is 58.4 Å². The van der Waals surface area contributed by atoms with Crippen LogP contribution in [0.2, 0.25) is 0 Å². The first kappa shape index (κ1) is 7.05. The smallest absolute Gasteiger partial charge is 0.142 e. The van der Waals surface area contributed by atoms with Gasteiger partial charge in [0, 0.05) is 6.54 Å². The summed E-state index contributed by atoms with van der Waals surface area (Å²) in [5, 5.41) is 10.2. The fourth-order valence-corrected chi connectivity index (χ4v) is 1.16. The molecule has 0 aromatic rings. The third kappa shape index (κ3) is 1.10. The molecule has 0 aromatic heterocycles. The van der Waals surface area contributed by atoms with E-state index in [4.69, 9.17) is 0 Å². The molecule has 1 unspecified atom stereocenters. The summed E-state index contributed by atoms with van der Waals surface area (Å²) >= 11 is 0. The van der Waals surface area contributed by atoms with Gasteiger partial charge in [0.25, 0.3) is 0 Å². The molecule has 1 aliphatic heterocycles. The maximum atomic E-state index is 10.2. The Bertz CT molecular complexity index is 157. The van der Waals surface area contributed by atoms with Crippen molar-refractivity contribution in [1.82, 2.24) is 4.90 Å². The van der Waals surface area contributed by atoms with Crippen molar-refractivity contribution >= 4 is 12.4 Å². The van der Waals surface area contributed by atoms with E-state index in [2.05, 4.69) is 0 Å². The highest BCUT2D eigenvalue weighted by Gasteiger charge is 2.22. The van der Waals surface area contributed by atoms with Gasteiger partial charge in [-0.1, -0.05) is 0 Å². The van der Waals surface area contributed by atoms with Gasteiger partial charge < -0.3 is 19.6 Å². The highest BCUT2D eigenvalue weighted by atomic mass is 16.4. The third-order valence-corrected chi connectivity index (χ3v) is 1.69. The van der Waals surface area contributed by atoms with Gasteiger partial charge >= 0.3 is 0 Å². The summed E-state index contributed by atoms with van der Waals surface area (Å²) < 4.78 is 0. The second kappa shape index (κ2) is 2.68. The molecule has 0 saturated carbocycles. The van der Waals surface area contributed by atoms with Gasteiger partial charge in [0.05, 0.1) is 6.04 Å².